The van der Waals surface area contributed by atoms with Crippen LogP contribution in [0.15, 0.2) is 18.2 Å². The van der Waals surface area contributed by atoms with E-state index >= 15 is 0 Å². The monoisotopic (exact) mass is 325 g/mol. The molecule has 126 valence electrons. The third-order valence-electron chi connectivity index (χ3n) is 3.27. The van der Waals surface area contributed by atoms with Gasteiger partial charge in [0.15, 0.2) is 0 Å². The van der Waals surface area contributed by atoms with Crippen LogP contribution in [0, 0.1) is 25.6 Å². The van der Waals surface area contributed by atoms with Crippen molar-refractivity contribution < 1.29 is 19.4 Å². The van der Waals surface area contributed by atoms with Crippen LogP contribution in [0.25, 0.3) is 0 Å². The number of hydrogen-bond acceptors (Lipinski definition) is 6. The zero-order valence-electron chi connectivity index (χ0n) is 13.4. The number of methoxy groups -OCH3 is 1. The average molecular weight is 325 g/mol. The molecule has 0 saturated heterocycles. The Hall–Kier alpha value is -2.55. The highest BCUT2D eigenvalue weighted by Crippen LogP contribution is 2.24. The molecule has 0 aliphatic rings. The number of amides is 1. The van der Waals surface area contributed by atoms with Crippen LogP contribution in [0.5, 0.6) is 0 Å². The van der Waals surface area contributed by atoms with E-state index in [0.717, 1.165) is 18.2 Å². The first kappa shape index (κ1) is 18.5. The van der Waals surface area contributed by atoms with E-state index in [-0.39, 0.29) is 23.6 Å². The molecule has 0 radical (unpaired) electrons. The third kappa shape index (κ3) is 4.99. The molecule has 9 heteroatoms. The second kappa shape index (κ2) is 7.14. The molecule has 0 bridgehead atoms. The number of nitrogens with zero attached hydrogens (tertiary/aromatic N) is 2. The van der Waals surface area contributed by atoms with Gasteiger partial charge in [-0.3, -0.25) is 25.0 Å². The molecule has 1 atom stereocenters. The Morgan fingerprint density at radius 2 is 1.65 bits per heavy atom. The van der Waals surface area contributed by atoms with Crippen molar-refractivity contribution >= 4 is 17.3 Å². The van der Waals surface area contributed by atoms with Gasteiger partial charge in [0.05, 0.1) is 34.1 Å². The fraction of sp³-hybridized carbons (Fsp3) is 0.500. The predicted molar refractivity (Wildman–Crippen MR) is 82.3 cm³/mol. The molecule has 1 aromatic rings. The van der Waals surface area contributed by atoms with E-state index in [1.54, 1.807) is 0 Å². The maximum Gasteiger partial charge on any atom is 0.277 e. The summed E-state index contributed by atoms with van der Waals surface area (Å²) >= 11 is 0. The molecule has 0 heterocycles. The summed E-state index contributed by atoms with van der Waals surface area (Å²) < 4.78 is 5.06. The highest BCUT2D eigenvalue weighted by atomic mass is 16.6. The van der Waals surface area contributed by atoms with Crippen molar-refractivity contribution in [2.24, 2.45) is 5.41 Å². The normalized spacial score (nSPS) is 12.5. The number of rotatable bonds is 6. The Morgan fingerprint density at radius 1 is 1.17 bits per heavy atom. The van der Waals surface area contributed by atoms with Crippen molar-refractivity contribution in [2.75, 3.05) is 13.7 Å². The second-order valence-corrected chi connectivity index (χ2v) is 6.10. The first-order valence-electron chi connectivity index (χ1n) is 6.80. The third-order valence-corrected chi connectivity index (χ3v) is 3.27. The Labute approximate surface area is 132 Å². The minimum Gasteiger partial charge on any atom is -0.383 e. The van der Waals surface area contributed by atoms with Gasteiger partial charge in [0.2, 0.25) is 0 Å². The van der Waals surface area contributed by atoms with E-state index in [1.807, 2.05) is 20.8 Å². The number of hydrogen-bond donors (Lipinski definition) is 1. The van der Waals surface area contributed by atoms with Crippen LogP contribution in [-0.2, 0) is 4.74 Å². The lowest BCUT2D eigenvalue weighted by Crippen LogP contribution is -2.46. The van der Waals surface area contributed by atoms with Gasteiger partial charge in [-0.1, -0.05) is 20.8 Å². The molecular formula is C14H19N3O6. The molecule has 1 N–H and O–H groups in total. The summed E-state index contributed by atoms with van der Waals surface area (Å²) in [7, 11) is 1.49. The number of carbonyl (C=O) groups excluding carboxylic acids is 1. The summed E-state index contributed by atoms with van der Waals surface area (Å²) in [5.74, 6) is -0.631. The van der Waals surface area contributed by atoms with Gasteiger partial charge in [-0.25, -0.2) is 0 Å². The maximum absolute atomic E-state index is 12.3. The molecule has 0 unspecified atom stereocenters. The lowest BCUT2D eigenvalue weighted by molar-refractivity contribution is -0.394. The standard InChI is InChI=1S/C14H19N3O6/c1-14(2,3)12(8-23-4)15-13(18)9-5-10(16(19)20)7-11(6-9)17(21)22/h5-7,12H,8H2,1-4H3,(H,15,18)/t12-/m0/s1. The minimum absolute atomic E-state index is 0.142. The van der Waals surface area contributed by atoms with Crippen LogP contribution >= 0.6 is 0 Å². The highest BCUT2D eigenvalue weighted by Gasteiger charge is 2.28. The van der Waals surface area contributed by atoms with Gasteiger partial charge in [-0.2, -0.15) is 0 Å². The van der Waals surface area contributed by atoms with Crippen LogP contribution in [-0.4, -0.2) is 35.5 Å². The summed E-state index contributed by atoms with van der Waals surface area (Å²) in [4.78, 5) is 32.5. The van der Waals surface area contributed by atoms with Crippen molar-refractivity contribution in [1.82, 2.24) is 5.32 Å². The molecule has 1 rings (SSSR count). The van der Waals surface area contributed by atoms with Crippen LogP contribution in [0.2, 0.25) is 0 Å². The van der Waals surface area contributed by atoms with Crippen molar-refractivity contribution in [3.63, 3.8) is 0 Å². The van der Waals surface area contributed by atoms with Crippen molar-refractivity contribution in [3.8, 4) is 0 Å². The highest BCUT2D eigenvalue weighted by molar-refractivity contribution is 5.95. The summed E-state index contributed by atoms with van der Waals surface area (Å²) in [6.45, 7) is 5.93. The quantitative estimate of drug-likeness (QED) is 0.632. The second-order valence-electron chi connectivity index (χ2n) is 6.10. The Morgan fingerprint density at radius 3 is 2.00 bits per heavy atom. The number of nitro benzene ring substituents is 2. The smallest absolute Gasteiger partial charge is 0.277 e. The first-order chi connectivity index (χ1) is 10.6. The van der Waals surface area contributed by atoms with E-state index in [4.69, 9.17) is 4.74 Å². The topological polar surface area (TPSA) is 125 Å². The number of benzene rings is 1. The Kier molecular flexibility index (Phi) is 5.74. The lowest BCUT2D eigenvalue weighted by Gasteiger charge is -2.30. The number of nitrogens with one attached hydrogen (secondary N) is 1. The van der Waals surface area contributed by atoms with Crippen LogP contribution in [0.3, 0.4) is 0 Å². The van der Waals surface area contributed by atoms with E-state index in [0.29, 0.717) is 0 Å². The lowest BCUT2D eigenvalue weighted by atomic mass is 9.87. The Bertz CT molecular complexity index is 591. The molecular weight excluding hydrogens is 306 g/mol. The van der Waals surface area contributed by atoms with Gasteiger partial charge >= 0.3 is 0 Å². The van der Waals surface area contributed by atoms with Gasteiger partial charge in [-0.15, -0.1) is 0 Å². The molecule has 0 aliphatic carbocycles. The van der Waals surface area contributed by atoms with Crippen LogP contribution in [0.1, 0.15) is 31.1 Å². The number of non-ortho nitro benzene ring substituents is 2. The number of carbonyl (C=O) groups is 1. The van der Waals surface area contributed by atoms with E-state index in [1.165, 1.54) is 7.11 Å². The molecule has 0 spiro atoms. The molecule has 0 aromatic heterocycles. The first-order valence-corrected chi connectivity index (χ1v) is 6.80. The van der Waals surface area contributed by atoms with E-state index in [9.17, 15) is 25.0 Å². The van der Waals surface area contributed by atoms with Crippen LogP contribution < -0.4 is 5.32 Å². The molecule has 0 fully saturated rings. The summed E-state index contributed by atoms with van der Waals surface area (Å²) in [6, 6.07) is 2.47. The fourth-order valence-corrected chi connectivity index (χ4v) is 1.85. The van der Waals surface area contributed by atoms with Gasteiger partial charge in [0.25, 0.3) is 17.3 Å². The van der Waals surface area contributed by atoms with E-state index in [2.05, 4.69) is 5.32 Å². The van der Waals surface area contributed by atoms with Gasteiger partial charge < -0.3 is 10.1 Å². The zero-order valence-corrected chi connectivity index (χ0v) is 13.4. The molecule has 1 amide bonds. The summed E-state index contributed by atoms with van der Waals surface area (Å²) in [6.07, 6.45) is 0. The van der Waals surface area contributed by atoms with Crippen molar-refractivity contribution in [2.45, 2.75) is 26.8 Å². The van der Waals surface area contributed by atoms with Gasteiger partial charge in [0, 0.05) is 19.2 Å². The Balaban J connectivity index is 3.16. The predicted octanol–water partition coefficient (Wildman–Crippen LogP) is 2.29. The summed E-state index contributed by atoms with van der Waals surface area (Å²) in [5.41, 5.74) is -1.48. The van der Waals surface area contributed by atoms with E-state index < -0.39 is 27.1 Å². The molecule has 23 heavy (non-hydrogen) atoms. The number of ether oxygens (including phenoxy) is 1. The van der Waals surface area contributed by atoms with Crippen molar-refractivity contribution in [1.29, 1.82) is 0 Å². The molecule has 0 saturated carbocycles. The number of nitro groups is 2. The molecule has 0 aliphatic heterocycles. The summed E-state index contributed by atoms with van der Waals surface area (Å²) in [5, 5.41) is 24.4. The van der Waals surface area contributed by atoms with Gasteiger partial charge in [-0.05, 0) is 5.41 Å². The van der Waals surface area contributed by atoms with Crippen molar-refractivity contribution in [3.05, 3.63) is 44.0 Å². The minimum atomic E-state index is -0.778. The SMILES string of the molecule is COC[C@H](NC(=O)c1cc([N+](=O)[O-])cc([N+](=O)[O-])c1)C(C)(C)C. The average Bonchev–Trinajstić information content (AvgIpc) is 2.45. The maximum atomic E-state index is 12.3. The fourth-order valence-electron chi connectivity index (χ4n) is 1.85. The molecule has 1 aromatic carbocycles. The largest absolute Gasteiger partial charge is 0.383 e. The zero-order chi connectivity index (χ0) is 17.8. The van der Waals surface area contributed by atoms with Gasteiger partial charge in [0.1, 0.15) is 0 Å². The molecule has 9 nitrogen and oxygen atoms in total. The van der Waals surface area contributed by atoms with Crippen LogP contribution in [0.4, 0.5) is 11.4 Å².